The molecule has 0 radical (unpaired) electrons. The third-order valence-corrected chi connectivity index (χ3v) is 4.84. The van der Waals surface area contributed by atoms with Gasteiger partial charge in [-0.25, -0.2) is 4.79 Å². The predicted molar refractivity (Wildman–Crippen MR) is 140 cm³/mol. The number of carbonyl (C=O) groups is 5. The van der Waals surface area contributed by atoms with Crippen molar-refractivity contribution in [1.82, 2.24) is 0 Å². The first-order chi connectivity index (χ1) is 16.9. The molecule has 0 aromatic rings. The number of hydrogen-bond acceptors (Lipinski definition) is 11. The predicted octanol–water partition coefficient (Wildman–Crippen LogP) is 3.83. The molecular weight excluding hydrogens is 559 g/mol. The Labute approximate surface area is 235 Å². The lowest BCUT2D eigenvalue weighted by molar-refractivity contribution is -0.165. The number of rotatable bonds is 7. The minimum Gasteiger partial charge on any atom is -0.465 e. The van der Waals surface area contributed by atoms with Gasteiger partial charge in [0.25, 0.3) is 0 Å². The molecule has 0 aromatic heterocycles. The van der Waals surface area contributed by atoms with Crippen molar-refractivity contribution in [3.63, 3.8) is 0 Å². The Hall–Kier alpha value is -1.66. The van der Waals surface area contributed by atoms with Gasteiger partial charge in [0.1, 0.15) is 29.8 Å². The van der Waals surface area contributed by atoms with Crippen molar-refractivity contribution in [3.05, 3.63) is 0 Å². The summed E-state index contributed by atoms with van der Waals surface area (Å²) in [6.07, 6.45) is -0.231. The Morgan fingerprint density at radius 1 is 1.03 bits per heavy atom. The van der Waals surface area contributed by atoms with Crippen molar-refractivity contribution < 1.29 is 54.5 Å². The van der Waals surface area contributed by atoms with Gasteiger partial charge in [0.05, 0.1) is 26.4 Å². The van der Waals surface area contributed by atoms with Crippen LogP contribution < -0.4 is 0 Å². The van der Waals surface area contributed by atoms with E-state index in [1.807, 2.05) is 0 Å². The summed E-state index contributed by atoms with van der Waals surface area (Å²) in [6, 6.07) is 0. The van der Waals surface area contributed by atoms with Crippen molar-refractivity contribution >= 4 is 64.5 Å². The summed E-state index contributed by atoms with van der Waals surface area (Å²) in [5, 5.41) is 17.4. The van der Waals surface area contributed by atoms with Crippen LogP contribution in [0.2, 0.25) is 0 Å². The lowest BCUT2D eigenvalue weighted by Gasteiger charge is -2.29. The van der Waals surface area contributed by atoms with Gasteiger partial charge in [-0.05, 0) is 41.5 Å². The number of Topliss-reactive ketones (excluding diaryl/α,β-unsaturated/α-hetero) is 2. The minimum atomic E-state index is -1.72. The van der Waals surface area contributed by atoms with E-state index in [-0.39, 0.29) is 39.9 Å². The van der Waals surface area contributed by atoms with Crippen LogP contribution in [0.25, 0.3) is 0 Å². The lowest BCUT2D eigenvalue weighted by Crippen LogP contribution is -2.44. The van der Waals surface area contributed by atoms with E-state index < -0.39 is 51.7 Å². The maximum absolute atomic E-state index is 11.3. The SMILES string of the molecule is C.CC(=O)C(Cl)(Cl)Cl.CCOC(=O)C(C)(CO)CO.CCOC(=O)C1(C)COC(=O)OC1.[3H]CC(=O)CC. The van der Waals surface area contributed by atoms with E-state index in [0.717, 1.165) is 0 Å². The Morgan fingerprint density at radius 3 is 1.68 bits per heavy atom. The zero-order chi connectivity index (χ0) is 29.9. The van der Waals surface area contributed by atoms with Crippen LogP contribution in [0.5, 0.6) is 0 Å². The van der Waals surface area contributed by atoms with Crippen LogP contribution in [-0.2, 0) is 38.1 Å². The van der Waals surface area contributed by atoms with Crippen molar-refractivity contribution in [2.45, 2.75) is 66.1 Å². The number of carbonyl (C=O) groups excluding carboxylic acids is 5. The fourth-order valence-corrected chi connectivity index (χ4v) is 1.43. The van der Waals surface area contributed by atoms with Gasteiger partial charge in [0, 0.05) is 7.79 Å². The van der Waals surface area contributed by atoms with Gasteiger partial charge in [-0.2, -0.15) is 0 Å². The molecule has 1 fully saturated rings. The first-order valence-electron chi connectivity index (χ1n) is 11.4. The van der Waals surface area contributed by atoms with Crippen molar-refractivity contribution in [1.29, 1.82) is 0 Å². The Kier molecular flexibility index (Phi) is 22.9. The maximum Gasteiger partial charge on any atom is 0.508 e. The van der Waals surface area contributed by atoms with Gasteiger partial charge < -0.3 is 34.0 Å². The molecule has 0 spiro atoms. The van der Waals surface area contributed by atoms with Crippen LogP contribution in [0, 0.1) is 10.8 Å². The zero-order valence-electron chi connectivity index (χ0n) is 22.4. The Bertz CT molecular complexity index is 708. The van der Waals surface area contributed by atoms with Crippen LogP contribution >= 0.6 is 34.8 Å². The molecule has 1 aliphatic rings. The van der Waals surface area contributed by atoms with E-state index in [1.165, 1.54) is 13.8 Å². The second-order valence-corrected chi connectivity index (χ2v) is 9.93. The molecule has 0 aliphatic carbocycles. The number of aliphatic hydroxyl groups is 2. The van der Waals surface area contributed by atoms with Gasteiger partial charge in [0.15, 0.2) is 5.78 Å². The molecule has 0 atom stereocenters. The fourth-order valence-electron chi connectivity index (χ4n) is 1.43. The van der Waals surface area contributed by atoms with Crippen LogP contribution in [0.4, 0.5) is 4.79 Å². The van der Waals surface area contributed by atoms with E-state index in [0.29, 0.717) is 13.0 Å². The molecule has 1 rings (SSSR count). The molecule has 0 aromatic carbocycles. The molecule has 220 valence electrons. The van der Waals surface area contributed by atoms with Gasteiger partial charge in [0.2, 0.25) is 3.79 Å². The summed E-state index contributed by atoms with van der Waals surface area (Å²) in [5.74, 6) is -1.42. The Balaban J connectivity index is -0.000000211. The number of ketones is 2. The molecule has 37 heavy (non-hydrogen) atoms. The van der Waals surface area contributed by atoms with Gasteiger partial charge in [-0.3, -0.25) is 14.4 Å². The monoisotopic (exact) mass is 600 g/mol. The molecular formula is C23H41Cl3O11. The van der Waals surface area contributed by atoms with Crippen LogP contribution in [0.15, 0.2) is 0 Å². The van der Waals surface area contributed by atoms with Crippen molar-refractivity contribution in [2.75, 3.05) is 39.6 Å². The summed E-state index contributed by atoms with van der Waals surface area (Å²) in [7, 11) is 0. The summed E-state index contributed by atoms with van der Waals surface area (Å²) in [4.78, 5) is 52.9. The highest BCUT2D eigenvalue weighted by atomic mass is 35.6. The van der Waals surface area contributed by atoms with Crippen LogP contribution in [-0.4, -0.2) is 83.3 Å². The standard InChI is InChI=1S/C8H12O5.C7H14O4.C4H8O.C3H3Cl3O.CH4/c1-3-11-6(9)8(2)4-12-7(10)13-5-8;1-3-11-6(10)7(2,4-8)5-9;1-3-4(2)5;1-2(7)3(4,5)6;/h3-5H2,1-2H3;8-9H,3-5H2,1-2H3;3H2,1-2H3;1H3;1H4/i;;2T;;. The first kappa shape index (κ1) is 39.8. The lowest BCUT2D eigenvalue weighted by atomic mass is 9.93. The summed E-state index contributed by atoms with van der Waals surface area (Å²) in [5.41, 5.74) is -2.01. The maximum atomic E-state index is 11.3. The molecule has 0 unspecified atom stereocenters. The molecule has 2 N–H and O–H groups in total. The number of halogens is 3. The number of ether oxygens (including phenoxy) is 4. The number of esters is 2. The van der Waals surface area contributed by atoms with Crippen LogP contribution in [0.3, 0.4) is 0 Å². The minimum absolute atomic E-state index is 0. The van der Waals surface area contributed by atoms with E-state index >= 15 is 0 Å². The van der Waals surface area contributed by atoms with E-state index in [9.17, 15) is 24.0 Å². The molecule has 14 heteroatoms. The zero-order valence-corrected chi connectivity index (χ0v) is 23.6. The summed E-state index contributed by atoms with van der Waals surface area (Å²) < 4.78 is 23.4. The molecule has 1 aliphatic heterocycles. The average Bonchev–Trinajstić information content (AvgIpc) is 2.85. The molecule has 1 heterocycles. The third kappa shape index (κ3) is 20.0. The third-order valence-electron chi connectivity index (χ3n) is 4.05. The number of cyclic esters (lactones) is 2. The highest BCUT2D eigenvalue weighted by Crippen LogP contribution is 2.26. The Morgan fingerprint density at radius 2 is 1.43 bits per heavy atom. The van der Waals surface area contributed by atoms with Crippen molar-refractivity contribution in [3.8, 4) is 0 Å². The summed E-state index contributed by atoms with van der Waals surface area (Å²) >= 11 is 15.1. The topological polar surface area (TPSA) is 163 Å². The smallest absolute Gasteiger partial charge is 0.465 e. The molecule has 0 saturated carbocycles. The second-order valence-electron chi connectivity index (χ2n) is 7.65. The summed E-state index contributed by atoms with van der Waals surface area (Å²) in [6.45, 7) is 9.20. The van der Waals surface area contributed by atoms with Gasteiger partial charge in [-0.15, -0.1) is 0 Å². The van der Waals surface area contributed by atoms with E-state index in [4.69, 9.17) is 51.1 Å². The quantitative estimate of drug-likeness (QED) is 0.248. The van der Waals surface area contributed by atoms with E-state index in [1.54, 1.807) is 27.7 Å². The molecule has 0 bridgehead atoms. The fraction of sp³-hybridized carbons (Fsp3) is 0.783. The number of alkyl halides is 3. The average molecular weight is 602 g/mol. The normalized spacial score (nSPS) is 13.9. The van der Waals surface area contributed by atoms with E-state index in [2.05, 4.69) is 14.2 Å². The van der Waals surface area contributed by atoms with Gasteiger partial charge >= 0.3 is 18.1 Å². The molecule has 0 amide bonds. The molecule has 1 saturated heterocycles. The van der Waals surface area contributed by atoms with Crippen molar-refractivity contribution in [2.24, 2.45) is 10.8 Å². The number of hydrogen-bond donors (Lipinski definition) is 2. The van der Waals surface area contributed by atoms with Gasteiger partial charge in [-0.1, -0.05) is 49.2 Å². The largest absolute Gasteiger partial charge is 0.508 e. The first-order valence-corrected chi connectivity index (χ1v) is 11.8. The highest BCUT2D eigenvalue weighted by Gasteiger charge is 2.41. The second kappa shape index (κ2) is 21.3. The van der Waals surface area contributed by atoms with Crippen LogP contribution in [0.1, 0.15) is 63.7 Å². The number of aliphatic hydroxyl groups excluding tert-OH is 2. The molecule has 11 nitrogen and oxygen atoms in total. The highest BCUT2D eigenvalue weighted by molar-refractivity contribution is 6.76.